The first-order chi connectivity index (χ1) is 11.7. The third-order valence-corrected chi connectivity index (χ3v) is 9.33. The molecule has 0 aromatic heterocycles. The molecule has 1 aliphatic rings. The smallest absolute Gasteiger partial charge is 0.330 e. The maximum atomic E-state index is 11.5. The van der Waals surface area contributed by atoms with Gasteiger partial charge in [-0.05, 0) is 41.9 Å². The highest BCUT2D eigenvalue weighted by Gasteiger charge is 2.40. The third-order valence-electron chi connectivity index (χ3n) is 4.89. The van der Waals surface area contributed by atoms with Crippen molar-refractivity contribution in [1.29, 1.82) is 0 Å². The number of carbonyl (C=O) groups is 1. The van der Waals surface area contributed by atoms with Gasteiger partial charge in [0.05, 0.1) is 13.2 Å². The fourth-order valence-corrected chi connectivity index (χ4v) is 3.54. The number of hydrogen-bond acceptors (Lipinski definition) is 4. The van der Waals surface area contributed by atoms with E-state index in [0.717, 1.165) is 16.9 Å². The van der Waals surface area contributed by atoms with Crippen LogP contribution in [0.3, 0.4) is 0 Å². The van der Waals surface area contributed by atoms with Crippen LogP contribution in [0.1, 0.15) is 32.4 Å². The van der Waals surface area contributed by atoms with Crippen LogP contribution < -0.4 is 4.74 Å². The van der Waals surface area contributed by atoms with E-state index in [-0.39, 0.29) is 17.1 Å². The molecule has 25 heavy (non-hydrogen) atoms. The number of para-hydroxylation sites is 1. The van der Waals surface area contributed by atoms with Crippen molar-refractivity contribution in [3.8, 4) is 5.75 Å². The molecular weight excluding hydrogens is 332 g/mol. The highest BCUT2D eigenvalue weighted by atomic mass is 28.4. The Morgan fingerprint density at radius 3 is 2.60 bits per heavy atom. The van der Waals surface area contributed by atoms with E-state index in [1.807, 2.05) is 30.3 Å². The zero-order valence-electron chi connectivity index (χ0n) is 16.0. The van der Waals surface area contributed by atoms with Gasteiger partial charge in [0.2, 0.25) is 0 Å². The second kappa shape index (κ2) is 7.58. The highest BCUT2D eigenvalue weighted by Crippen LogP contribution is 2.44. The Hall–Kier alpha value is -1.85. The number of esters is 1. The summed E-state index contributed by atoms with van der Waals surface area (Å²) in [6.07, 6.45) is 4.91. The van der Waals surface area contributed by atoms with Crippen LogP contribution in [0.4, 0.5) is 0 Å². The second-order valence-corrected chi connectivity index (χ2v) is 12.4. The first kappa shape index (κ1) is 19.5. The van der Waals surface area contributed by atoms with Gasteiger partial charge >= 0.3 is 5.97 Å². The molecule has 2 rings (SSSR count). The Morgan fingerprint density at radius 2 is 1.96 bits per heavy atom. The maximum absolute atomic E-state index is 11.5. The Kier molecular flexibility index (Phi) is 5.90. The predicted molar refractivity (Wildman–Crippen MR) is 102 cm³/mol. The van der Waals surface area contributed by atoms with Gasteiger partial charge in [0.25, 0.3) is 0 Å². The Bertz CT molecular complexity index is 683. The fourth-order valence-electron chi connectivity index (χ4n) is 2.33. The highest BCUT2D eigenvalue weighted by molar-refractivity contribution is 6.74. The van der Waals surface area contributed by atoms with Gasteiger partial charge < -0.3 is 13.9 Å². The minimum atomic E-state index is -2.04. The quantitative estimate of drug-likeness (QED) is 0.440. The lowest BCUT2D eigenvalue weighted by Gasteiger charge is -2.39. The summed E-state index contributed by atoms with van der Waals surface area (Å²) in [5, 5.41) is 0.0757. The van der Waals surface area contributed by atoms with E-state index in [2.05, 4.69) is 33.9 Å². The van der Waals surface area contributed by atoms with Gasteiger partial charge in [0.15, 0.2) is 8.32 Å². The Morgan fingerprint density at radius 1 is 1.28 bits per heavy atom. The fraction of sp³-hybridized carbons (Fsp3) is 0.450. The van der Waals surface area contributed by atoms with E-state index in [0.29, 0.717) is 6.61 Å². The van der Waals surface area contributed by atoms with Gasteiger partial charge in [-0.3, -0.25) is 0 Å². The van der Waals surface area contributed by atoms with Crippen molar-refractivity contribution in [2.24, 2.45) is 0 Å². The molecule has 0 bridgehead atoms. The molecule has 0 amide bonds. The lowest BCUT2D eigenvalue weighted by molar-refractivity contribution is -0.134. The number of benzene rings is 1. The molecule has 0 fully saturated rings. The van der Waals surface area contributed by atoms with Crippen LogP contribution >= 0.6 is 0 Å². The minimum absolute atomic E-state index is 0.0757. The molecular formula is C20H28O4Si. The topological polar surface area (TPSA) is 44.8 Å². The van der Waals surface area contributed by atoms with Crippen molar-refractivity contribution in [3.05, 3.63) is 53.6 Å². The van der Waals surface area contributed by atoms with Crippen LogP contribution in [-0.4, -0.2) is 28.0 Å². The molecule has 0 radical (unpaired) electrons. The van der Waals surface area contributed by atoms with E-state index in [1.54, 1.807) is 6.08 Å². The van der Waals surface area contributed by atoms with Crippen molar-refractivity contribution < 1.29 is 18.7 Å². The molecule has 1 heterocycles. The van der Waals surface area contributed by atoms with Crippen LogP contribution in [0, 0.1) is 0 Å². The summed E-state index contributed by atoms with van der Waals surface area (Å²) in [5.41, 5.74) is 1.91. The molecule has 1 atom stereocenters. The number of fused-ring (bicyclic) bond motifs is 1. The zero-order valence-corrected chi connectivity index (χ0v) is 17.0. The average molecular weight is 361 g/mol. The van der Waals surface area contributed by atoms with Crippen molar-refractivity contribution in [2.75, 3.05) is 13.7 Å². The maximum Gasteiger partial charge on any atom is 0.330 e. The lowest BCUT2D eigenvalue weighted by atomic mass is 10.0. The molecule has 0 saturated carbocycles. The van der Waals surface area contributed by atoms with Gasteiger partial charge in [-0.25, -0.2) is 4.79 Å². The van der Waals surface area contributed by atoms with Crippen molar-refractivity contribution in [1.82, 2.24) is 0 Å². The predicted octanol–water partition coefficient (Wildman–Crippen LogP) is 4.80. The lowest BCUT2D eigenvalue weighted by Crippen LogP contribution is -2.42. The van der Waals surface area contributed by atoms with E-state index >= 15 is 0 Å². The molecule has 136 valence electrons. The Labute approximate surface area is 151 Å². The van der Waals surface area contributed by atoms with Crippen molar-refractivity contribution >= 4 is 14.3 Å². The molecule has 4 nitrogen and oxygen atoms in total. The molecule has 5 heteroatoms. The summed E-state index contributed by atoms with van der Waals surface area (Å²) in [6, 6.07) is 7.92. The molecule has 0 N–H and O–H groups in total. The van der Waals surface area contributed by atoms with Crippen LogP contribution in [-0.2, 0) is 14.0 Å². The zero-order chi connectivity index (χ0) is 18.7. The molecule has 1 aromatic carbocycles. The van der Waals surface area contributed by atoms with Gasteiger partial charge in [-0.2, -0.15) is 0 Å². The number of carbonyl (C=O) groups excluding carboxylic acids is 1. The normalized spacial score (nSPS) is 18.2. The summed E-state index contributed by atoms with van der Waals surface area (Å²) < 4.78 is 17.3. The largest absolute Gasteiger partial charge is 0.489 e. The summed E-state index contributed by atoms with van der Waals surface area (Å²) in [6.45, 7) is 11.5. The molecule has 1 unspecified atom stereocenters. The molecule has 0 saturated heterocycles. The van der Waals surface area contributed by atoms with Crippen molar-refractivity contribution in [3.63, 3.8) is 0 Å². The molecule has 0 aliphatic carbocycles. The van der Waals surface area contributed by atoms with Crippen LogP contribution in [0.15, 0.2) is 48.1 Å². The molecule has 1 aromatic rings. The summed E-state index contributed by atoms with van der Waals surface area (Å²) in [5.74, 6) is 0.439. The van der Waals surface area contributed by atoms with Gasteiger partial charge in [-0.15, -0.1) is 0 Å². The summed E-state index contributed by atoms with van der Waals surface area (Å²) in [4.78, 5) is 11.5. The minimum Gasteiger partial charge on any atom is -0.489 e. The standard InChI is InChI=1S/C20H28O4Si/c1-20(2,3)25(5,6)24-19-15(11-12-18(21)22-4)13-14-23-17-10-8-7-9-16(17)19/h7-13,19H,14H2,1-6H3/b12-11+. The second-order valence-electron chi connectivity index (χ2n) is 7.67. The van der Waals surface area contributed by atoms with Gasteiger partial charge in [0.1, 0.15) is 12.4 Å². The first-order valence-corrected chi connectivity index (χ1v) is 11.4. The van der Waals surface area contributed by atoms with E-state index in [9.17, 15) is 4.79 Å². The molecule has 1 aliphatic heterocycles. The molecule has 0 spiro atoms. The summed E-state index contributed by atoms with van der Waals surface area (Å²) >= 11 is 0. The SMILES string of the molecule is COC(=O)/C=C/C1=CCOc2ccccc2C1O[Si](C)(C)C(C)(C)C. The van der Waals surface area contributed by atoms with E-state index < -0.39 is 8.32 Å². The monoisotopic (exact) mass is 360 g/mol. The average Bonchev–Trinajstić information content (AvgIpc) is 2.71. The van der Waals surface area contributed by atoms with Gasteiger partial charge in [-0.1, -0.05) is 39.0 Å². The number of methoxy groups -OCH3 is 1. The van der Waals surface area contributed by atoms with Crippen LogP contribution in [0.5, 0.6) is 5.75 Å². The van der Waals surface area contributed by atoms with E-state index in [4.69, 9.17) is 13.9 Å². The van der Waals surface area contributed by atoms with Crippen molar-refractivity contribution in [2.45, 2.75) is 45.0 Å². The number of ether oxygens (including phenoxy) is 2. The number of rotatable bonds is 4. The van der Waals surface area contributed by atoms with Gasteiger partial charge in [0, 0.05) is 11.6 Å². The third kappa shape index (κ3) is 4.61. The Balaban J connectivity index is 2.45. The van der Waals surface area contributed by atoms with E-state index in [1.165, 1.54) is 13.2 Å². The summed E-state index contributed by atoms with van der Waals surface area (Å²) in [7, 11) is -0.665. The first-order valence-electron chi connectivity index (χ1n) is 8.51. The van der Waals surface area contributed by atoms with Crippen LogP contribution in [0.2, 0.25) is 18.1 Å². The van der Waals surface area contributed by atoms with Crippen LogP contribution in [0.25, 0.3) is 0 Å². The number of hydrogen-bond donors (Lipinski definition) is 0.